The van der Waals surface area contributed by atoms with Gasteiger partial charge in [0, 0.05) is 17.1 Å². The molecular formula is C23H19N3O2S. The fourth-order valence-electron chi connectivity index (χ4n) is 3.01. The zero-order chi connectivity index (χ0) is 20.2. The maximum absolute atomic E-state index is 12.5. The number of carbonyl (C=O) groups is 1. The third-order valence-electron chi connectivity index (χ3n) is 4.50. The first-order valence-corrected chi connectivity index (χ1v) is 10.4. The number of rotatable bonds is 5. The maximum Gasteiger partial charge on any atom is 0.338 e. The van der Waals surface area contributed by atoms with Gasteiger partial charge in [0.25, 0.3) is 0 Å². The largest absolute Gasteiger partial charge is 0.453 e. The Kier molecular flexibility index (Phi) is 5.53. The quantitative estimate of drug-likeness (QED) is 0.256. The Morgan fingerprint density at radius 2 is 1.69 bits per heavy atom. The number of aromatic nitrogens is 3. The number of fused-ring (bicyclic) bond motifs is 1. The van der Waals surface area contributed by atoms with Crippen molar-refractivity contribution >= 4 is 28.6 Å². The van der Waals surface area contributed by atoms with Crippen LogP contribution in [0.25, 0.3) is 22.2 Å². The predicted molar refractivity (Wildman–Crippen MR) is 115 cm³/mol. The number of carbonyl (C=O) groups excluding carboxylic acids is 1. The molecule has 0 amide bonds. The van der Waals surface area contributed by atoms with E-state index in [0.717, 1.165) is 22.2 Å². The summed E-state index contributed by atoms with van der Waals surface area (Å²) in [5.41, 5.74) is 3.64. The molecule has 2 aromatic carbocycles. The smallest absolute Gasteiger partial charge is 0.338 e. The van der Waals surface area contributed by atoms with Crippen molar-refractivity contribution in [3.05, 3.63) is 84.2 Å². The number of hydrogen-bond acceptors (Lipinski definition) is 6. The molecule has 4 aromatic rings. The lowest BCUT2D eigenvalue weighted by Crippen LogP contribution is -2.11. The van der Waals surface area contributed by atoms with Gasteiger partial charge in [0.2, 0.25) is 0 Å². The van der Waals surface area contributed by atoms with Crippen LogP contribution in [0.2, 0.25) is 0 Å². The number of pyridine rings is 1. The maximum atomic E-state index is 12.5. The lowest BCUT2D eigenvalue weighted by molar-refractivity contribution is 0.0330. The second-order valence-electron chi connectivity index (χ2n) is 6.47. The van der Waals surface area contributed by atoms with Crippen LogP contribution >= 0.6 is 11.8 Å². The summed E-state index contributed by atoms with van der Waals surface area (Å²) in [4.78, 5) is 26.3. The first-order valence-electron chi connectivity index (χ1n) is 9.19. The molecule has 0 aliphatic heterocycles. The number of nitrogens with zero attached hydrogens (tertiary/aromatic N) is 3. The molecule has 0 N–H and O–H groups in total. The molecule has 0 unspecified atom stereocenters. The minimum absolute atomic E-state index is 0.379. The summed E-state index contributed by atoms with van der Waals surface area (Å²) in [6.45, 7) is 1.82. The van der Waals surface area contributed by atoms with E-state index < -0.39 is 6.10 Å². The first-order chi connectivity index (χ1) is 14.2. The lowest BCUT2D eigenvalue weighted by Gasteiger charge is -2.15. The zero-order valence-electron chi connectivity index (χ0n) is 16.1. The van der Waals surface area contributed by atoms with Crippen LogP contribution in [0.4, 0.5) is 0 Å². The molecule has 144 valence electrons. The van der Waals surface area contributed by atoms with Crippen molar-refractivity contribution in [1.29, 1.82) is 0 Å². The van der Waals surface area contributed by atoms with Crippen LogP contribution in [0.1, 0.15) is 29.1 Å². The van der Waals surface area contributed by atoms with Crippen LogP contribution in [-0.4, -0.2) is 27.2 Å². The van der Waals surface area contributed by atoms with Crippen molar-refractivity contribution in [2.45, 2.75) is 18.2 Å². The van der Waals surface area contributed by atoms with Gasteiger partial charge >= 0.3 is 5.97 Å². The highest BCUT2D eigenvalue weighted by atomic mass is 32.2. The molecule has 29 heavy (non-hydrogen) atoms. The van der Waals surface area contributed by atoms with E-state index >= 15 is 0 Å². The van der Waals surface area contributed by atoms with Crippen molar-refractivity contribution in [2.75, 3.05) is 6.26 Å². The van der Waals surface area contributed by atoms with Gasteiger partial charge in [-0.05, 0) is 31.4 Å². The predicted octanol–water partition coefficient (Wildman–Crippen LogP) is 5.33. The summed E-state index contributed by atoms with van der Waals surface area (Å²) in [5.74, 6) is -0.379. The van der Waals surface area contributed by atoms with E-state index in [2.05, 4.69) is 9.97 Å². The third-order valence-corrected chi connectivity index (χ3v) is 5.07. The number of esters is 1. The van der Waals surface area contributed by atoms with Crippen molar-refractivity contribution in [1.82, 2.24) is 15.0 Å². The van der Waals surface area contributed by atoms with Gasteiger partial charge in [-0.2, -0.15) is 0 Å². The molecule has 6 heteroatoms. The topological polar surface area (TPSA) is 65.0 Å². The molecule has 5 nitrogen and oxygen atoms in total. The Hall–Kier alpha value is -3.25. The molecule has 0 fully saturated rings. The van der Waals surface area contributed by atoms with Crippen molar-refractivity contribution in [3.8, 4) is 11.3 Å². The van der Waals surface area contributed by atoms with Crippen molar-refractivity contribution < 1.29 is 9.53 Å². The van der Waals surface area contributed by atoms with E-state index in [1.807, 2.05) is 67.8 Å². The Balaban J connectivity index is 1.76. The van der Waals surface area contributed by atoms with E-state index in [4.69, 9.17) is 9.72 Å². The monoisotopic (exact) mass is 401 g/mol. The highest BCUT2D eigenvalue weighted by Gasteiger charge is 2.18. The molecular weight excluding hydrogens is 382 g/mol. The normalized spacial score (nSPS) is 11.9. The number of ether oxygens (including phenoxy) is 1. The zero-order valence-corrected chi connectivity index (χ0v) is 16.9. The summed E-state index contributed by atoms with van der Waals surface area (Å²) in [6.07, 6.45) is 3.21. The lowest BCUT2D eigenvalue weighted by atomic mass is 10.1. The van der Waals surface area contributed by atoms with Crippen LogP contribution in [0.5, 0.6) is 0 Å². The number of benzene rings is 2. The molecule has 0 saturated heterocycles. The van der Waals surface area contributed by atoms with E-state index in [0.29, 0.717) is 16.4 Å². The molecule has 2 heterocycles. The second kappa shape index (κ2) is 8.41. The number of thioether (sulfide) groups is 1. The van der Waals surface area contributed by atoms with Gasteiger partial charge in [0.05, 0.1) is 17.0 Å². The fourth-order valence-corrected chi connectivity index (χ4v) is 3.35. The Labute approximate surface area is 173 Å². The molecule has 2 aromatic heterocycles. The Bertz CT molecular complexity index is 1150. The van der Waals surface area contributed by atoms with E-state index in [1.165, 1.54) is 11.8 Å². The highest BCUT2D eigenvalue weighted by Crippen LogP contribution is 2.30. The summed E-state index contributed by atoms with van der Waals surface area (Å²) in [6, 6.07) is 20.7. The minimum atomic E-state index is -0.519. The summed E-state index contributed by atoms with van der Waals surface area (Å²) < 4.78 is 5.66. The third kappa shape index (κ3) is 4.12. The molecule has 0 aliphatic rings. The van der Waals surface area contributed by atoms with Crippen LogP contribution in [0, 0.1) is 0 Å². The molecule has 4 rings (SSSR count). The van der Waals surface area contributed by atoms with E-state index in [9.17, 15) is 4.79 Å². The van der Waals surface area contributed by atoms with E-state index in [1.54, 1.807) is 18.3 Å². The molecule has 0 saturated carbocycles. The van der Waals surface area contributed by atoms with Gasteiger partial charge in [-0.1, -0.05) is 60.3 Å². The molecule has 0 spiro atoms. The summed E-state index contributed by atoms with van der Waals surface area (Å²) in [7, 11) is 0. The SMILES string of the molecule is CSc1ncc2cc([C@@H](C)OC(=O)c3ccccc3)nc(-c3ccccc3)c2n1. The van der Waals surface area contributed by atoms with Crippen molar-refractivity contribution in [3.63, 3.8) is 0 Å². The molecule has 0 radical (unpaired) electrons. The average molecular weight is 401 g/mol. The van der Waals surface area contributed by atoms with Gasteiger partial charge in [-0.15, -0.1) is 0 Å². The second-order valence-corrected chi connectivity index (χ2v) is 7.24. The van der Waals surface area contributed by atoms with Crippen LogP contribution in [-0.2, 0) is 4.74 Å². The van der Waals surface area contributed by atoms with Gasteiger partial charge in [0.1, 0.15) is 11.6 Å². The van der Waals surface area contributed by atoms with Crippen LogP contribution in [0.15, 0.2) is 78.1 Å². The van der Waals surface area contributed by atoms with E-state index in [-0.39, 0.29) is 5.97 Å². The van der Waals surface area contributed by atoms with Crippen LogP contribution < -0.4 is 0 Å². The summed E-state index contributed by atoms with van der Waals surface area (Å²) >= 11 is 1.48. The fraction of sp³-hybridized carbons (Fsp3) is 0.130. The van der Waals surface area contributed by atoms with Gasteiger partial charge < -0.3 is 4.74 Å². The Morgan fingerprint density at radius 1 is 1.00 bits per heavy atom. The summed E-state index contributed by atoms with van der Waals surface area (Å²) in [5, 5.41) is 1.54. The highest BCUT2D eigenvalue weighted by molar-refractivity contribution is 7.98. The molecule has 0 bridgehead atoms. The number of hydrogen-bond donors (Lipinski definition) is 0. The van der Waals surface area contributed by atoms with Gasteiger partial charge in [-0.3, -0.25) is 0 Å². The molecule has 1 atom stereocenters. The standard InChI is InChI=1S/C23H19N3O2S/c1-15(28-22(27)17-11-7-4-8-12-17)19-13-18-14-24-23(29-2)26-21(18)20(25-19)16-9-5-3-6-10-16/h3-15H,1-2H3/t15-/m1/s1. The minimum Gasteiger partial charge on any atom is -0.453 e. The Morgan fingerprint density at radius 3 is 2.38 bits per heavy atom. The van der Waals surface area contributed by atoms with Crippen molar-refractivity contribution in [2.24, 2.45) is 0 Å². The average Bonchev–Trinajstić information content (AvgIpc) is 2.79. The van der Waals surface area contributed by atoms with Gasteiger partial charge in [0.15, 0.2) is 5.16 Å². The van der Waals surface area contributed by atoms with Crippen LogP contribution in [0.3, 0.4) is 0 Å². The molecule has 0 aliphatic carbocycles. The first kappa shape index (κ1) is 19.1. The van der Waals surface area contributed by atoms with Gasteiger partial charge in [-0.25, -0.2) is 19.7 Å².